The van der Waals surface area contributed by atoms with Gasteiger partial charge in [0.05, 0.1) is 11.7 Å². The van der Waals surface area contributed by atoms with Gasteiger partial charge in [0.2, 0.25) is 0 Å². The first-order valence-corrected chi connectivity index (χ1v) is 3.90. The van der Waals surface area contributed by atoms with Gasteiger partial charge in [-0.15, -0.1) is 0 Å². The second-order valence-corrected chi connectivity index (χ2v) is 2.67. The van der Waals surface area contributed by atoms with Gasteiger partial charge in [-0.05, 0) is 6.07 Å². The molecule has 1 aromatic carbocycles. The van der Waals surface area contributed by atoms with E-state index in [1.165, 1.54) is 0 Å². The molecule has 0 aliphatic rings. The molecule has 0 radical (unpaired) electrons. The average Bonchev–Trinajstić information content (AvgIpc) is 2.19. The van der Waals surface area contributed by atoms with Gasteiger partial charge in [0.1, 0.15) is 6.54 Å². The largest absolute Gasteiger partial charge is 0.158 e. The summed E-state index contributed by atoms with van der Waals surface area (Å²) in [6.07, 6.45) is 1.57. The smallest absolute Gasteiger partial charge is 0.108 e. The van der Waals surface area contributed by atoms with Gasteiger partial charge in [0.15, 0.2) is 0 Å². The number of nitroso groups, excluding NO2 is 1. The van der Waals surface area contributed by atoms with E-state index in [1.54, 1.807) is 6.20 Å². The summed E-state index contributed by atoms with van der Waals surface area (Å²) < 4.78 is 0. The summed E-state index contributed by atoms with van der Waals surface area (Å²) in [5.41, 5.74) is 1.62. The van der Waals surface area contributed by atoms with Gasteiger partial charge < -0.3 is 0 Å². The molecule has 0 aliphatic carbocycles. The molecule has 0 unspecified atom stereocenters. The maximum atomic E-state index is 10.1. The van der Waals surface area contributed by atoms with Gasteiger partial charge in [-0.3, -0.25) is 0 Å². The van der Waals surface area contributed by atoms with Crippen LogP contribution in [0, 0.1) is 4.91 Å². The Morgan fingerprint density at radius 3 is 3.00 bits per heavy atom. The fourth-order valence-corrected chi connectivity index (χ4v) is 1.26. The van der Waals surface area contributed by atoms with E-state index in [2.05, 4.69) is 15.4 Å². The zero-order valence-electron chi connectivity index (χ0n) is 6.84. The fraction of sp³-hybridized carbons (Fsp3) is 0.111. The van der Waals surface area contributed by atoms with Crippen LogP contribution in [-0.2, 0) is 6.54 Å². The molecular weight excluding hydrogens is 166 g/mol. The van der Waals surface area contributed by atoms with Crippen molar-refractivity contribution in [2.24, 2.45) is 5.18 Å². The van der Waals surface area contributed by atoms with Gasteiger partial charge >= 0.3 is 0 Å². The van der Waals surface area contributed by atoms with Gasteiger partial charge in [0, 0.05) is 10.9 Å². The van der Waals surface area contributed by atoms with Gasteiger partial charge in [-0.2, -0.15) is 15.1 Å². The van der Waals surface area contributed by atoms with Crippen LogP contribution >= 0.6 is 0 Å². The minimum Gasteiger partial charge on any atom is -0.158 e. The quantitative estimate of drug-likeness (QED) is 0.651. The Hall–Kier alpha value is -1.84. The lowest BCUT2D eigenvalue weighted by molar-refractivity contribution is 0.998. The number of rotatable bonds is 2. The molecule has 0 N–H and O–H groups in total. The molecule has 64 valence electrons. The molecule has 0 saturated carbocycles. The third-order valence-corrected chi connectivity index (χ3v) is 1.86. The SMILES string of the molecule is O=NCc1cnnc2ccccc12. The van der Waals surface area contributed by atoms with Crippen LogP contribution in [-0.4, -0.2) is 10.2 Å². The summed E-state index contributed by atoms with van der Waals surface area (Å²) >= 11 is 0. The maximum Gasteiger partial charge on any atom is 0.108 e. The van der Waals surface area contributed by atoms with E-state index in [0.717, 1.165) is 16.5 Å². The Morgan fingerprint density at radius 1 is 1.31 bits per heavy atom. The van der Waals surface area contributed by atoms with Gasteiger partial charge in [-0.25, -0.2) is 0 Å². The Kier molecular flexibility index (Phi) is 1.96. The second kappa shape index (κ2) is 3.26. The monoisotopic (exact) mass is 173 g/mol. The number of fused-ring (bicyclic) bond motifs is 1. The van der Waals surface area contributed by atoms with E-state index in [0.29, 0.717) is 0 Å². The van der Waals surface area contributed by atoms with Crippen LogP contribution in [0.25, 0.3) is 10.9 Å². The van der Waals surface area contributed by atoms with E-state index in [1.807, 2.05) is 24.3 Å². The molecule has 1 aromatic heterocycles. The van der Waals surface area contributed by atoms with Crippen LogP contribution in [0.4, 0.5) is 0 Å². The standard InChI is InChI=1S/C9H7N3O/c13-11-6-7-5-10-12-9-4-2-1-3-8(7)9/h1-5H,6H2. The first-order chi connectivity index (χ1) is 6.42. The summed E-state index contributed by atoms with van der Waals surface area (Å²) in [5, 5.41) is 11.5. The van der Waals surface area contributed by atoms with Crippen molar-refractivity contribution in [3.63, 3.8) is 0 Å². The minimum absolute atomic E-state index is 0.149. The molecular formula is C9H7N3O. The summed E-state index contributed by atoms with van der Waals surface area (Å²) in [4.78, 5) is 10.1. The number of nitrogens with zero attached hydrogens (tertiary/aromatic N) is 3. The second-order valence-electron chi connectivity index (χ2n) is 2.67. The van der Waals surface area contributed by atoms with Crippen LogP contribution in [0.3, 0.4) is 0 Å². The molecule has 0 amide bonds. The predicted octanol–water partition coefficient (Wildman–Crippen LogP) is 1.90. The molecule has 4 nitrogen and oxygen atoms in total. The fourth-order valence-electron chi connectivity index (χ4n) is 1.26. The minimum atomic E-state index is 0.149. The molecule has 0 fully saturated rings. The highest BCUT2D eigenvalue weighted by atomic mass is 16.3. The van der Waals surface area contributed by atoms with Crippen LogP contribution in [0.5, 0.6) is 0 Å². The third kappa shape index (κ3) is 1.38. The van der Waals surface area contributed by atoms with E-state index < -0.39 is 0 Å². The van der Waals surface area contributed by atoms with E-state index >= 15 is 0 Å². The van der Waals surface area contributed by atoms with Crippen molar-refractivity contribution in [1.82, 2.24) is 10.2 Å². The molecule has 0 atom stereocenters. The zero-order chi connectivity index (χ0) is 9.10. The Labute approximate surface area is 74.6 Å². The van der Waals surface area contributed by atoms with Crippen molar-refractivity contribution in [1.29, 1.82) is 0 Å². The normalized spacial score (nSPS) is 10.2. The molecule has 0 spiro atoms. The van der Waals surface area contributed by atoms with Crippen molar-refractivity contribution < 1.29 is 0 Å². The Morgan fingerprint density at radius 2 is 2.15 bits per heavy atom. The van der Waals surface area contributed by atoms with Gasteiger partial charge in [-0.1, -0.05) is 23.4 Å². The van der Waals surface area contributed by atoms with Crippen molar-refractivity contribution in [3.8, 4) is 0 Å². The van der Waals surface area contributed by atoms with E-state index in [9.17, 15) is 4.91 Å². The summed E-state index contributed by atoms with van der Waals surface area (Å²) in [5.74, 6) is 0. The highest BCUT2D eigenvalue weighted by molar-refractivity contribution is 5.81. The number of hydrogen-bond donors (Lipinski definition) is 0. The zero-order valence-corrected chi connectivity index (χ0v) is 6.84. The molecule has 13 heavy (non-hydrogen) atoms. The van der Waals surface area contributed by atoms with Crippen molar-refractivity contribution in [2.75, 3.05) is 0 Å². The predicted molar refractivity (Wildman–Crippen MR) is 49.0 cm³/mol. The summed E-state index contributed by atoms with van der Waals surface area (Å²) in [7, 11) is 0. The van der Waals surface area contributed by atoms with Crippen LogP contribution in [0.15, 0.2) is 35.6 Å². The van der Waals surface area contributed by atoms with Crippen molar-refractivity contribution >= 4 is 10.9 Å². The van der Waals surface area contributed by atoms with Crippen molar-refractivity contribution in [2.45, 2.75) is 6.54 Å². The van der Waals surface area contributed by atoms with E-state index in [-0.39, 0.29) is 6.54 Å². The molecule has 0 aliphatic heterocycles. The van der Waals surface area contributed by atoms with E-state index in [4.69, 9.17) is 0 Å². The first-order valence-electron chi connectivity index (χ1n) is 3.90. The molecule has 0 saturated heterocycles. The average molecular weight is 173 g/mol. The Balaban J connectivity index is 2.68. The molecule has 0 bridgehead atoms. The number of hydrogen-bond acceptors (Lipinski definition) is 4. The van der Waals surface area contributed by atoms with Crippen LogP contribution in [0.2, 0.25) is 0 Å². The third-order valence-electron chi connectivity index (χ3n) is 1.86. The van der Waals surface area contributed by atoms with Crippen molar-refractivity contribution in [3.05, 3.63) is 40.9 Å². The highest BCUT2D eigenvalue weighted by Gasteiger charge is 2.00. The number of benzene rings is 1. The first kappa shape index (κ1) is 7.79. The number of aromatic nitrogens is 2. The molecule has 2 aromatic rings. The molecule has 1 heterocycles. The highest BCUT2D eigenvalue weighted by Crippen LogP contribution is 2.15. The lowest BCUT2D eigenvalue weighted by Crippen LogP contribution is -1.89. The Bertz CT molecular complexity index is 436. The van der Waals surface area contributed by atoms with Gasteiger partial charge in [0.25, 0.3) is 0 Å². The lowest BCUT2D eigenvalue weighted by Gasteiger charge is -1.99. The van der Waals surface area contributed by atoms with Crippen LogP contribution in [0.1, 0.15) is 5.56 Å². The topological polar surface area (TPSA) is 55.2 Å². The summed E-state index contributed by atoms with van der Waals surface area (Å²) in [6.45, 7) is 0.149. The van der Waals surface area contributed by atoms with Crippen LogP contribution < -0.4 is 0 Å². The molecule has 2 rings (SSSR count). The summed E-state index contributed by atoms with van der Waals surface area (Å²) in [6, 6.07) is 7.55. The lowest BCUT2D eigenvalue weighted by atomic mass is 10.1. The maximum absolute atomic E-state index is 10.1. The molecule has 4 heteroatoms.